The van der Waals surface area contributed by atoms with Gasteiger partial charge in [-0.1, -0.05) is 12.1 Å². The van der Waals surface area contributed by atoms with Crippen molar-refractivity contribution in [3.05, 3.63) is 59.9 Å². The minimum Gasteiger partial charge on any atom is -0.380 e. The number of rotatable bonds is 5. The second kappa shape index (κ2) is 7.04. The number of aromatic nitrogens is 1. The highest BCUT2D eigenvalue weighted by Crippen LogP contribution is 2.16. The van der Waals surface area contributed by atoms with Crippen molar-refractivity contribution in [3.8, 4) is 0 Å². The van der Waals surface area contributed by atoms with Crippen LogP contribution < -0.4 is 10.8 Å². The van der Waals surface area contributed by atoms with Gasteiger partial charge in [-0.2, -0.15) is 0 Å². The minimum atomic E-state index is -0.435. The van der Waals surface area contributed by atoms with E-state index in [4.69, 9.17) is 4.84 Å². The molecule has 0 radical (unpaired) electrons. The molecule has 0 saturated heterocycles. The second-order valence-corrected chi connectivity index (χ2v) is 5.90. The van der Waals surface area contributed by atoms with Crippen LogP contribution in [0.5, 0.6) is 0 Å². The molecule has 2 aromatic rings. The molecule has 2 rings (SSSR count). The van der Waals surface area contributed by atoms with E-state index in [1.807, 2.05) is 51.1 Å². The first-order valence-corrected chi connectivity index (χ1v) is 7.16. The van der Waals surface area contributed by atoms with Crippen molar-refractivity contribution in [3.63, 3.8) is 0 Å². The first kappa shape index (κ1) is 16.0. The van der Waals surface area contributed by atoms with Gasteiger partial charge in [-0.05, 0) is 50.6 Å². The standard InChI is InChI=1S/C17H21N3O2/c1-17(2,3)22-20-16(21)14-6-4-5-7-15(14)19-12-13-8-10-18-11-9-13/h4-11,19H,12H2,1-3H3,(H,20,21). The average molecular weight is 299 g/mol. The van der Waals surface area contributed by atoms with E-state index >= 15 is 0 Å². The van der Waals surface area contributed by atoms with Crippen LogP contribution in [0.25, 0.3) is 0 Å². The van der Waals surface area contributed by atoms with Gasteiger partial charge in [-0.25, -0.2) is 5.48 Å². The van der Waals surface area contributed by atoms with Gasteiger partial charge in [0, 0.05) is 24.6 Å². The first-order valence-electron chi connectivity index (χ1n) is 7.16. The van der Waals surface area contributed by atoms with Crippen LogP contribution in [0, 0.1) is 0 Å². The zero-order valence-electron chi connectivity index (χ0n) is 13.1. The zero-order valence-corrected chi connectivity index (χ0v) is 13.1. The molecule has 5 nitrogen and oxygen atoms in total. The number of nitrogens with zero attached hydrogens (tertiary/aromatic N) is 1. The van der Waals surface area contributed by atoms with Gasteiger partial charge in [-0.3, -0.25) is 14.6 Å². The highest BCUT2D eigenvalue weighted by Gasteiger charge is 2.16. The number of amides is 1. The summed E-state index contributed by atoms with van der Waals surface area (Å²) < 4.78 is 0. The second-order valence-electron chi connectivity index (χ2n) is 5.90. The molecule has 0 aliphatic rings. The van der Waals surface area contributed by atoms with Gasteiger partial charge in [-0.15, -0.1) is 0 Å². The fourth-order valence-corrected chi connectivity index (χ4v) is 1.79. The van der Waals surface area contributed by atoms with Gasteiger partial charge >= 0.3 is 0 Å². The lowest BCUT2D eigenvalue weighted by molar-refractivity contribution is -0.0589. The summed E-state index contributed by atoms with van der Waals surface area (Å²) >= 11 is 0. The van der Waals surface area contributed by atoms with Gasteiger partial charge in [0.15, 0.2) is 0 Å². The summed E-state index contributed by atoms with van der Waals surface area (Å²) in [6.45, 7) is 6.25. The molecule has 5 heteroatoms. The van der Waals surface area contributed by atoms with Crippen LogP contribution >= 0.6 is 0 Å². The van der Waals surface area contributed by atoms with Crippen molar-refractivity contribution >= 4 is 11.6 Å². The quantitative estimate of drug-likeness (QED) is 0.833. The summed E-state index contributed by atoms with van der Waals surface area (Å²) in [5.41, 5.74) is 4.45. The Morgan fingerprint density at radius 3 is 2.50 bits per heavy atom. The number of pyridine rings is 1. The minimum absolute atomic E-state index is 0.271. The maximum atomic E-state index is 12.2. The highest BCUT2D eigenvalue weighted by atomic mass is 16.7. The molecule has 0 aliphatic heterocycles. The third-order valence-corrected chi connectivity index (χ3v) is 2.85. The number of hydrogen-bond acceptors (Lipinski definition) is 4. The molecule has 0 fully saturated rings. The molecule has 22 heavy (non-hydrogen) atoms. The van der Waals surface area contributed by atoms with Gasteiger partial charge in [0.1, 0.15) is 0 Å². The Kier molecular flexibility index (Phi) is 5.12. The highest BCUT2D eigenvalue weighted by molar-refractivity contribution is 5.99. The van der Waals surface area contributed by atoms with E-state index in [2.05, 4.69) is 15.8 Å². The molecular weight excluding hydrogens is 278 g/mol. The zero-order chi connectivity index (χ0) is 16.0. The van der Waals surface area contributed by atoms with Crippen molar-refractivity contribution < 1.29 is 9.63 Å². The summed E-state index contributed by atoms with van der Waals surface area (Å²) in [6.07, 6.45) is 3.49. The predicted molar refractivity (Wildman–Crippen MR) is 86.3 cm³/mol. The summed E-state index contributed by atoms with van der Waals surface area (Å²) in [4.78, 5) is 21.6. The maximum Gasteiger partial charge on any atom is 0.276 e. The molecule has 116 valence electrons. The lowest BCUT2D eigenvalue weighted by Crippen LogP contribution is -2.33. The van der Waals surface area contributed by atoms with Crippen LogP contribution in [0.4, 0.5) is 5.69 Å². The first-order chi connectivity index (χ1) is 10.5. The lowest BCUT2D eigenvalue weighted by Gasteiger charge is -2.19. The Balaban J connectivity index is 2.05. The molecule has 2 N–H and O–H groups in total. The van der Waals surface area contributed by atoms with E-state index < -0.39 is 5.60 Å². The van der Waals surface area contributed by atoms with Crippen LogP contribution in [0.1, 0.15) is 36.7 Å². The van der Waals surface area contributed by atoms with Crippen LogP contribution in [0.2, 0.25) is 0 Å². The SMILES string of the molecule is CC(C)(C)ONC(=O)c1ccccc1NCc1ccncc1. The predicted octanol–water partition coefficient (Wildman–Crippen LogP) is 3.15. The van der Waals surface area contributed by atoms with Crippen LogP contribution in [0.15, 0.2) is 48.8 Å². The van der Waals surface area contributed by atoms with Crippen molar-refractivity contribution in [2.45, 2.75) is 32.9 Å². The molecular formula is C17H21N3O2. The molecule has 0 saturated carbocycles. The van der Waals surface area contributed by atoms with Gasteiger partial charge in [0.2, 0.25) is 0 Å². The Labute approximate surface area is 130 Å². The van der Waals surface area contributed by atoms with Crippen molar-refractivity contribution in [2.24, 2.45) is 0 Å². The number of nitrogens with one attached hydrogen (secondary N) is 2. The number of anilines is 1. The number of carbonyl (C=O) groups is 1. The molecule has 0 spiro atoms. The molecule has 0 aliphatic carbocycles. The summed E-state index contributed by atoms with van der Waals surface area (Å²) in [5.74, 6) is -0.271. The van der Waals surface area contributed by atoms with Gasteiger partial charge < -0.3 is 5.32 Å². The smallest absolute Gasteiger partial charge is 0.276 e. The van der Waals surface area contributed by atoms with E-state index in [9.17, 15) is 4.79 Å². The largest absolute Gasteiger partial charge is 0.380 e. The Morgan fingerprint density at radius 1 is 1.14 bits per heavy atom. The Hall–Kier alpha value is -2.40. The molecule has 0 atom stereocenters. The van der Waals surface area contributed by atoms with Crippen LogP contribution in [0.3, 0.4) is 0 Å². The van der Waals surface area contributed by atoms with Crippen molar-refractivity contribution in [2.75, 3.05) is 5.32 Å². The number of hydrogen-bond donors (Lipinski definition) is 2. The third-order valence-electron chi connectivity index (χ3n) is 2.85. The number of carbonyl (C=O) groups excluding carboxylic acids is 1. The normalized spacial score (nSPS) is 11.0. The summed E-state index contributed by atoms with van der Waals surface area (Å²) in [5, 5.41) is 3.26. The summed E-state index contributed by atoms with van der Waals surface area (Å²) in [7, 11) is 0. The van der Waals surface area contributed by atoms with Crippen molar-refractivity contribution in [1.82, 2.24) is 10.5 Å². The summed E-state index contributed by atoms with van der Waals surface area (Å²) in [6, 6.07) is 11.2. The lowest BCUT2D eigenvalue weighted by atomic mass is 10.1. The van der Waals surface area contributed by atoms with Gasteiger partial charge in [0.05, 0.1) is 11.2 Å². The number of benzene rings is 1. The van der Waals surface area contributed by atoms with Crippen LogP contribution in [-0.4, -0.2) is 16.5 Å². The molecule has 1 heterocycles. The monoisotopic (exact) mass is 299 g/mol. The van der Waals surface area contributed by atoms with E-state index in [0.717, 1.165) is 11.3 Å². The molecule has 1 aromatic carbocycles. The Morgan fingerprint density at radius 2 is 1.82 bits per heavy atom. The molecule has 0 unspecified atom stereocenters. The third kappa shape index (κ3) is 4.86. The van der Waals surface area contributed by atoms with Crippen molar-refractivity contribution in [1.29, 1.82) is 0 Å². The Bertz CT molecular complexity index is 621. The van der Waals surface area contributed by atoms with E-state index in [1.54, 1.807) is 18.5 Å². The molecule has 1 aromatic heterocycles. The van der Waals surface area contributed by atoms with Crippen LogP contribution in [-0.2, 0) is 11.4 Å². The number of hydroxylamine groups is 1. The van der Waals surface area contributed by atoms with Gasteiger partial charge in [0.25, 0.3) is 5.91 Å². The number of para-hydroxylation sites is 1. The van der Waals surface area contributed by atoms with E-state index in [0.29, 0.717) is 12.1 Å². The average Bonchev–Trinajstić information content (AvgIpc) is 2.51. The maximum absolute atomic E-state index is 12.2. The molecule has 0 bridgehead atoms. The fourth-order valence-electron chi connectivity index (χ4n) is 1.79. The fraction of sp³-hybridized carbons (Fsp3) is 0.294. The molecule has 1 amide bonds. The van der Waals surface area contributed by atoms with E-state index in [1.165, 1.54) is 0 Å². The van der Waals surface area contributed by atoms with E-state index in [-0.39, 0.29) is 5.91 Å². The topological polar surface area (TPSA) is 63.2 Å².